The Kier molecular flexibility index (Phi) is 2.19. The fourth-order valence-corrected chi connectivity index (χ4v) is 1.49. The van der Waals surface area contributed by atoms with Gasteiger partial charge in [-0.05, 0) is 24.1 Å². The fourth-order valence-electron chi connectivity index (χ4n) is 1.49. The third-order valence-corrected chi connectivity index (χ3v) is 2.29. The Labute approximate surface area is 82.2 Å². The summed E-state index contributed by atoms with van der Waals surface area (Å²) in [7, 11) is 0. The number of benzene rings is 1. The first-order chi connectivity index (χ1) is 6.79. The molecule has 1 aromatic heterocycles. The van der Waals surface area contributed by atoms with E-state index in [4.69, 9.17) is 0 Å². The number of hydrogen-bond acceptors (Lipinski definition) is 1. The molecule has 0 aliphatic carbocycles. The van der Waals surface area contributed by atoms with E-state index < -0.39 is 0 Å². The van der Waals surface area contributed by atoms with E-state index in [1.807, 2.05) is 43.3 Å². The van der Waals surface area contributed by atoms with Crippen LogP contribution in [0.5, 0.6) is 0 Å². The van der Waals surface area contributed by atoms with Gasteiger partial charge in [0.25, 0.3) is 5.56 Å². The molecule has 0 aliphatic rings. The van der Waals surface area contributed by atoms with Crippen molar-refractivity contribution in [3.63, 3.8) is 0 Å². The van der Waals surface area contributed by atoms with E-state index in [9.17, 15) is 4.79 Å². The quantitative estimate of drug-likeness (QED) is 0.726. The molecular weight excluding hydrogens is 174 g/mol. The third-order valence-electron chi connectivity index (χ3n) is 2.29. The summed E-state index contributed by atoms with van der Waals surface area (Å²) in [5, 5.41) is 0. The van der Waals surface area contributed by atoms with Gasteiger partial charge in [0.05, 0.1) is 0 Å². The molecule has 0 radical (unpaired) electrons. The summed E-state index contributed by atoms with van der Waals surface area (Å²) in [5.41, 5.74) is 2.82. The van der Waals surface area contributed by atoms with Gasteiger partial charge < -0.3 is 4.98 Å². The summed E-state index contributed by atoms with van der Waals surface area (Å²) >= 11 is 0. The Morgan fingerprint density at radius 3 is 2.50 bits per heavy atom. The minimum atomic E-state index is -0.0219. The van der Waals surface area contributed by atoms with Gasteiger partial charge in [0.1, 0.15) is 0 Å². The largest absolute Gasteiger partial charge is 0.329 e. The molecule has 0 saturated carbocycles. The fraction of sp³-hybridized carbons (Fsp3) is 0.0833. The number of H-pyrrole nitrogens is 1. The van der Waals surface area contributed by atoms with Gasteiger partial charge in [0, 0.05) is 11.8 Å². The highest BCUT2D eigenvalue weighted by Gasteiger charge is 2.02. The first-order valence-electron chi connectivity index (χ1n) is 4.53. The standard InChI is InChI=1S/C12H11NO/c1-9-11(7-8-13-12(9)14)10-5-3-2-4-6-10/h2-8H,1H3,(H,13,14). The second kappa shape index (κ2) is 3.50. The minimum Gasteiger partial charge on any atom is -0.329 e. The van der Waals surface area contributed by atoms with E-state index in [1.165, 1.54) is 0 Å². The summed E-state index contributed by atoms with van der Waals surface area (Å²) in [6.45, 7) is 1.83. The van der Waals surface area contributed by atoms with Crippen LogP contribution in [0.4, 0.5) is 0 Å². The molecule has 0 fully saturated rings. The number of aromatic nitrogens is 1. The summed E-state index contributed by atoms with van der Waals surface area (Å²) < 4.78 is 0. The highest BCUT2D eigenvalue weighted by Crippen LogP contribution is 2.19. The maximum absolute atomic E-state index is 11.4. The molecule has 1 aromatic carbocycles. The topological polar surface area (TPSA) is 32.9 Å². The van der Waals surface area contributed by atoms with Crippen LogP contribution < -0.4 is 5.56 Å². The molecular formula is C12H11NO. The Balaban J connectivity index is 2.64. The molecule has 0 saturated heterocycles. The summed E-state index contributed by atoms with van der Waals surface area (Å²) in [5.74, 6) is 0. The minimum absolute atomic E-state index is 0.0219. The smallest absolute Gasteiger partial charge is 0.251 e. The second-order valence-corrected chi connectivity index (χ2v) is 3.21. The van der Waals surface area contributed by atoms with Gasteiger partial charge in [-0.3, -0.25) is 4.79 Å². The SMILES string of the molecule is Cc1c(-c2ccccc2)cc[nH]c1=O. The summed E-state index contributed by atoms with van der Waals surface area (Å²) in [6, 6.07) is 11.8. The number of nitrogens with one attached hydrogen (secondary N) is 1. The molecule has 0 amide bonds. The van der Waals surface area contributed by atoms with E-state index >= 15 is 0 Å². The normalized spacial score (nSPS) is 10.1. The van der Waals surface area contributed by atoms with Crippen LogP contribution in [0.2, 0.25) is 0 Å². The molecule has 2 heteroatoms. The number of rotatable bonds is 1. The molecule has 0 unspecified atom stereocenters. The molecule has 1 N–H and O–H groups in total. The number of hydrogen-bond donors (Lipinski definition) is 1. The zero-order chi connectivity index (χ0) is 9.97. The van der Waals surface area contributed by atoms with Gasteiger partial charge >= 0.3 is 0 Å². The Morgan fingerprint density at radius 1 is 1.07 bits per heavy atom. The Morgan fingerprint density at radius 2 is 1.79 bits per heavy atom. The lowest BCUT2D eigenvalue weighted by atomic mass is 10.0. The lowest BCUT2D eigenvalue weighted by Gasteiger charge is -2.03. The molecule has 2 rings (SSSR count). The van der Waals surface area contributed by atoms with Crippen LogP contribution in [-0.2, 0) is 0 Å². The van der Waals surface area contributed by atoms with Crippen molar-refractivity contribution in [2.24, 2.45) is 0 Å². The van der Waals surface area contributed by atoms with E-state index in [1.54, 1.807) is 6.20 Å². The zero-order valence-corrected chi connectivity index (χ0v) is 7.95. The number of aromatic amines is 1. The maximum atomic E-state index is 11.4. The second-order valence-electron chi connectivity index (χ2n) is 3.21. The van der Waals surface area contributed by atoms with E-state index in [0.29, 0.717) is 0 Å². The van der Waals surface area contributed by atoms with Crippen LogP contribution in [0.1, 0.15) is 5.56 Å². The lowest BCUT2D eigenvalue weighted by molar-refractivity contribution is 1.18. The van der Waals surface area contributed by atoms with Crippen molar-refractivity contribution in [2.75, 3.05) is 0 Å². The molecule has 2 aromatic rings. The van der Waals surface area contributed by atoms with Gasteiger partial charge in [-0.1, -0.05) is 30.3 Å². The number of pyridine rings is 1. The van der Waals surface area contributed by atoms with E-state index in [-0.39, 0.29) is 5.56 Å². The van der Waals surface area contributed by atoms with Crippen LogP contribution >= 0.6 is 0 Å². The average Bonchev–Trinajstić information content (AvgIpc) is 2.23. The third kappa shape index (κ3) is 1.46. The predicted molar refractivity (Wildman–Crippen MR) is 57.2 cm³/mol. The molecule has 0 atom stereocenters. The van der Waals surface area contributed by atoms with Crippen molar-refractivity contribution in [1.82, 2.24) is 4.98 Å². The van der Waals surface area contributed by atoms with Crippen LogP contribution in [0, 0.1) is 6.92 Å². The molecule has 14 heavy (non-hydrogen) atoms. The van der Waals surface area contributed by atoms with Crippen LogP contribution in [-0.4, -0.2) is 4.98 Å². The Hall–Kier alpha value is -1.83. The summed E-state index contributed by atoms with van der Waals surface area (Å²) in [6.07, 6.45) is 1.68. The monoisotopic (exact) mass is 185 g/mol. The van der Waals surface area contributed by atoms with Crippen molar-refractivity contribution >= 4 is 0 Å². The average molecular weight is 185 g/mol. The van der Waals surface area contributed by atoms with Gasteiger partial charge in [0.2, 0.25) is 0 Å². The van der Waals surface area contributed by atoms with Crippen molar-refractivity contribution in [3.05, 3.63) is 58.5 Å². The first-order valence-corrected chi connectivity index (χ1v) is 4.53. The van der Waals surface area contributed by atoms with Gasteiger partial charge in [-0.25, -0.2) is 0 Å². The van der Waals surface area contributed by atoms with Crippen LogP contribution in [0.15, 0.2) is 47.4 Å². The molecule has 0 spiro atoms. The van der Waals surface area contributed by atoms with E-state index in [0.717, 1.165) is 16.7 Å². The van der Waals surface area contributed by atoms with Crippen LogP contribution in [0.25, 0.3) is 11.1 Å². The molecule has 0 bridgehead atoms. The highest BCUT2D eigenvalue weighted by atomic mass is 16.1. The highest BCUT2D eigenvalue weighted by molar-refractivity contribution is 5.65. The van der Waals surface area contributed by atoms with Gasteiger partial charge in [0.15, 0.2) is 0 Å². The predicted octanol–water partition coefficient (Wildman–Crippen LogP) is 2.35. The first kappa shape index (κ1) is 8.75. The molecule has 70 valence electrons. The van der Waals surface area contributed by atoms with Crippen molar-refractivity contribution < 1.29 is 0 Å². The van der Waals surface area contributed by atoms with Crippen molar-refractivity contribution in [3.8, 4) is 11.1 Å². The molecule has 2 nitrogen and oxygen atoms in total. The lowest BCUT2D eigenvalue weighted by Crippen LogP contribution is -2.09. The van der Waals surface area contributed by atoms with E-state index in [2.05, 4.69) is 4.98 Å². The Bertz CT molecular complexity index is 485. The van der Waals surface area contributed by atoms with Crippen molar-refractivity contribution in [1.29, 1.82) is 0 Å². The van der Waals surface area contributed by atoms with Crippen LogP contribution in [0.3, 0.4) is 0 Å². The molecule has 1 heterocycles. The molecule has 0 aliphatic heterocycles. The maximum Gasteiger partial charge on any atom is 0.251 e. The van der Waals surface area contributed by atoms with Gasteiger partial charge in [-0.15, -0.1) is 0 Å². The van der Waals surface area contributed by atoms with Gasteiger partial charge in [-0.2, -0.15) is 0 Å². The zero-order valence-electron chi connectivity index (χ0n) is 7.95. The summed E-state index contributed by atoms with van der Waals surface area (Å²) in [4.78, 5) is 14.0. The van der Waals surface area contributed by atoms with Crippen molar-refractivity contribution in [2.45, 2.75) is 6.92 Å².